The minimum atomic E-state index is -0.643. The Morgan fingerprint density at radius 1 is 1.13 bits per heavy atom. The van der Waals surface area contributed by atoms with E-state index >= 15 is 0 Å². The van der Waals surface area contributed by atoms with E-state index in [0.29, 0.717) is 13.1 Å². The Labute approximate surface area is 185 Å². The SMILES string of the molecule is COC(=O)C(C)(C)[C@H]1CC2(CCN(C(=O)OC(C)(C)C)CC2)c2cc(Cl)c(C)cc21. The number of fused-ring (bicyclic) bond motifs is 2. The summed E-state index contributed by atoms with van der Waals surface area (Å²) in [6.07, 6.45) is 2.24. The first-order chi connectivity index (χ1) is 13.8. The van der Waals surface area contributed by atoms with E-state index in [1.54, 1.807) is 4.90 Å². The fourth-order valence-corrected chi connectivity index (χ4v) is 5.19. The Balaban J connectivity index is 1.92. The first-order valence-electron chi connectivity index (χ1n) is 10.7. The van der Waals surface area contributed by atoms with Gasteiger partial charge in [0.1, 0.15) is 5.60 Å². The molecule has 1 amide bonds. The molecule has 0 radical (unpaired) electrons. The van der Waals surface area contributed by atoms with Crippen LogP contribution in [0.1, 0.15) is 76.5 Å². The van der Waals surface area contributed by atoms with E-state index in [4.69, 9.17) is 21.1 Å². The summed E-state index contributed by atoms with van der Waals surface area (Å²) in [4.78, 5) is 26.9. The molecule has 1 aromatic carbocycles. The molecule has 0 saturated carbocycles. The van der Waals surface area contributed by atoms with E-state index in [1.165, 1.54) is 18.2 Å². The molecule has 3 rings (SSSR count). The van der Waals surface area contributed by atoms with Crippen molar-refractivity contribution in [1.82, 2.24) is 4.90 Å². The van der Waals surface area contributed by atoms with Crippen molar-refractivity contribution in [3.63, 3.8) is 0 Å². The molecule has 1 aliphatic carbocycles. The fraction of sp³-hybridized carbons (Fsp3) is 0.667. The van der Waals surface area contributed by atoms with E-state index in [2.05, 4.69) is 12.1 Å². The van der Waals surface area contributed by atoms with Gasteiger partial charge in [0.25, 0.3) is 0 Å². The van der Waals surface area contributed by atoms with Crippen molar-refractivity contribution in [3.8, 4) is 0 Å². The van der Waals surface area contributed by atoms with Crippen molar-refractivity contribution in [2.45, 2.75) is 77.7 Å². The number of nitrogens with zero attached hydrogens (tertiary/aromatic N) is 1. The van der Waals surface area contributed by atoms with Crippen LogP contribution >= 0.6 is 11.6 Å². The van der Waals surface area contributed by atoms with E-state index in [9.17, 15) is 9.59 Å². The molecule has 1 aliphatic heterocycles. The lowest BCUT2D eigenvalue weighted by molar-refractivity contribution is -0.152. The minimum Gasteiger partial charge on any atom is -0.469 e. The van der Waals surface area contributed by atoms with Crippen LogP contribution < -0.4 is 0 Å². The molecule has 0 bridgehead atoms. The predicted molar refractivity (Wildman–Crippen MR) is 118 cm³/mol. The van der Waals surface area contributed by atoms with Gasteiger partial charge in [0.05, 0.1) is 12.5 Å². The summed E-state index contributed by atoms with van der Waals surface area (Å²) in [5.74, 6) is -0.154. The number of hydrogen-bond acceptors (Lipinski definition) is 4. The quantitative estimate of drug-likeness (QED) is 0.567. The Bertz CT molecular complexity index is 847. The van der Waals surface area contributed by atoms with Gasteiger partial charge in [0, 0.05) is 24.0 Å². The molecule has 30 heavy (non-hydrogen) atoms. The van der Waals surface area contributed by atoms with Crippen LogP contribution in [-0.4, -0.2) is 42.8 Å². The molecular formula is C24H34ClNO4. The summed E-state index contributed by atoms with van der Waals surface area (Å²) >= 11 is 6.52. The topological polar surface area (TPSA) is 55.8 Å². The number of halogens is 1. The van der Waals surface area contributed by atoms with Crippen molar-refractivity contribution in [1.29, 1.82) is 0 Å². The Kier molecular flexibility index (Phi) is 5.92. The molecular weight excluding hydrogens is 402 g/mol. The van der Waals surface area contributed by atoms with Crippen LogP contribution in [0.25, 0.3) is 0 Å². The average molecular weight is 436 g/mol. The largest absolute Gasteiger partial charge is 0.469 e. The molecule has 1 saturated heterocycles. The number of hydrogen-bond donors (Lipinski definition) is 0. The van der Waals surface area contributed by atoms with Crippen molar-refractivity contribution >= 4 is 23.7 Å². The zero-order valence-corrected chi connectivity index (χ0v) is 20.0. The standard InChI is InChI=1S/C24H34ClNO4/c1-15-12-16-17(13-19(15)25)24(14-18(16)23(5,6)20(27)29-7)8-10-26(11-9-24)21(28)30-22(2,3)4/h12-13,18H,8-11,14H2,1-7H3/t18-/m0/s1. The second kappa shape index (κ2) is 7.74. The lowest BCUT2D eigenvalue weighted by Gasteiger charge is -2.41. The Morgan fingerprint density at radius 3 is 2.27 bits per heavy atom. The minimum absolute atomic E-state index is 0.0454. The number of carbonyl (C=O) groups excluding carboxylic acids is 2. The summed E-state index contributed by atoms with van der Waals surface area (Å²) < 4.78 is 10.7. The van der Waals surface area contributed by atoms with Crippen LogP contribution in [0.2, 0.25) is 5.02 Å². The smallest absolute Gasteiger partial charge is 0.410 e. The number of esters is 1. The average Bonchev–Trinajstić information content (AvgIpc) is 2.94. The van der Waals surface area contributed by atoms with Crippen LogP contribution in [0.5, 0.6) is 0 Å². The summed E-state index contributed by atoms with van der Waals surface area (Å²) in [6.45, 7) is 12.8. The predicted octanol–water partition coefficient (Wildman–Crippen LogP) is 5.60. The first kappa shape index (κ1) is 22.9. The van der Waals surface area contributed by atoms with E-state index < -0.39 is 11.0 Å². The maximum absolute atomic E-state index is 12.6. The van der Waals surface area contributed by atoms with Gasteiger partial charge in [-0.3, -0.25) is 4.79 Å². The number of methoxy groups -OCH3 is 1. The highest BCUT2D eigenvalue weighted by Gasteiger charge is 2.52. The number of rotatable bonds is 2. The van der Waals surface area contributed by atoms with Crippen molar-refractivity contribution < 1.29 is 19.1 Å². The van der Waals surface area contributed by atoms with Crippen LogP contribution in [0.4, 0.5) is 4.79 Å². The van der Waals surface area contributed by atoms with Crippen LogP contribution in [-0.2, 0) is 19.7 Å². The summed E-state index contributed by atoms with van der Waals surface area (Å²) in [7, 11) is 1.45. The number of aryl methyl sites for hydroxylation is 1. The van der Waals surface area contributed by atoms with E-state index in [-0.39, 0.29) is 23.4 Å². The molecule has 1 atom stereocenters. The highest BCUT2D eigenvalue weighted by molar-refractivity contribution is 6.31. The number of likely N-dealkylation sites (tertiary alicyclic amines) is 1. The number of amides is 1. The Morgan fingerprint density at radius 2 is 1.73 bits per heavy atom. The van der Waals surface area contributed by atoms with Gasteiger partial charge in [-0.1, -0.05) is 17.7 Å². The molecule has 1 fully saturated rings. The summed E-state index contributed by atoms with van der Waals surface area (Å²) in [5, 5.41) is 0.749. The van der Waals surface area contributed by atoms with Crippen LogP contribution in [0.15, 0.2) is 12.1 Å². The highest BCUT2D eigenvalue weighted by atomic mass is 35.5. The zero-order valence-electron chi connectivity index (χ0n) is 19.2. The molecule has 0 unspecified atom stereocenters. The number of carbonyl (C=O) groups is 2. The monoisotopic (exact) mass is 435 g/mol. The number of benzene rings is 1. The second-order valence-electron chi connectivity index (χ2n) is 10.4. The van der Waals surface area contributed by atoms with Crippen LogP contribution in [0, 0.1) is 12.3 Å². The van der Waals surface area contributed by atoms with Crippen molar-refractivity contribution in [2.24, 2.45) is 5.41 Å². The van der Waals surface area contributed by atoms with Crippen molar-refractivity contribution in [2.75, 3.05) is 20.2 Å². The number of ether oxygens (including phenoxy) is 2. The van der Waals surface area contributed by atoms with Gasteiger partial charge in [-0.15, -0.1) is 0 Å². The molecule has 1 aromatic rings. The van der Waals surface area contributed by atoms with E-state index in [0.717, 1.165) is 29.8 Å². The fourth-order valence-electron chi connectivity index (χ4n) is 5.03. The number of piperidine rings is 1. The van der Waals surface area contributed by atoms with Crippen LogP contribution in [0.3, 0.4) is 0 Å². The Hall–Kier alpha value is -1.75. The van der Waals surface area contributed by atoms with Gasteiger partial charge in [-0.2, -0.15) is 0 Å². The molecule has 5 nitrogen and oxygen atoms in total. The van der Waals surface area contributed by atoms with Crippen molar-refractivity contribution in [3.05, 3.63) is 33.8 Å². The molecule has 1 spiro atoms. The first-order valence-corrected chi connectivity index (χ1v) is 11.1. The normalized spacial score (nSPS) is 20.8. The highest BCUT2D eigenvalue weighted by Crippen LogP contribution is 2.58. The lowest BCUT2D eigenvalue weighted by atomic mass is 9.70. The summed E-state index contributed by atoms with van der Waals surface area (Å²) in [5.41, 5.74) is 2.19. The third kappa shape index (κ3) is 4.05. The maximum atomic E-state index is 12.6. The van der Waals surface area contributed by atoms with Gasteiger partial charge in [0.15, 0.2) is 0 Å². The van der Waals surface area contributed by atoms with Gasteiger partial charge < -0.3 is 14.4 Å². The van der Waals surface area contributed by atoms with Gasteiger partial charge >= 0.3 is 12.1 Å². The zero-order chi connectivity index (χ0) is 22.5. The summed E-state index contributed by atoms with van der Waals surface area (Å²) in [6, 6.07) is 4.23. The lowest BCUT2D eigenvalue weighted by Crippen LogP contribution is -2.46. The third-order valence-electron chi connectivity index (χ3n) is 6.83. The molecule has 0 N–H and O–H groups in total. The van der Waals surface area contributed by atoms with Gasteiger partial charge in [-0.05, 0) is 89.0 Å². The third-order valence-corrected chi connectivity index (χ3v) is 7.23. The molecule has 6 heteroatoms. The second-order valence-corrected chi connectivity index (χ2v) is 10.8. The molecule has 0 aromatic heterocycles. The van der Waals surface area contributed by atoms with Gasteiger partial charge in [0.2, 0.25) is 0 Å². The molecule has 166 valence electrons. The molecule has 2 aliphatic rings. The van der Waals surface area contributed by atoms with Gasteiger partial charge in [-0.25, -0.2) is 4.79 Å². The van der Waals surface area contributed by atoms with E-state index in [1.807, 2.05) is 41.5 Å². The molecule has 1 heterocycles. The maximum Gasteiger partial charge on any atom is 0.410 e.